The molecule has 23 heavy (non-hydrogen) atoms. The Hall–Kier alpha value is -1.61. The van der Waals surface area contributed by atoms with E-state index in [0.717, 1.165) is 19.6 Å². The van der Waals surface area contributed by atoms with Gasteiger partial charge in [0.05, 0.1) is 0 Å². The van der Waals surface area contributed by atoms with Crippen LogP contribution in [0.2, 0.25) is 0 Å². The zero-order chi connectivity index (χ0) is 17.0. The molecule has 3 nitrogen and oxygen atoms in total. The minimum absolute atomic E-state index is 0.501. The molecule has 0 fully saturated rings. The number of likely N-dealkylation sites (N-methyl/N-ethyl adjacent to an activating group) is 1. The van der Waals surface area contributed by atoms with Crippen LogP contribution in [0, 0.1) is 6.92 Å². The van der Waals surface area contributed by atoms with Gasteiger partial charge in [0.25, 0.3) is 0 Å². The van der Waals surface area contributed by atoms with Crippen molar-refractivity contribution in [2.24, 2.45) is 4.99 Å². The minimum atomic E-state index is 0.501. The smallest absolute Gasteiger partial charge is 0.0444 e. The highest BCUT2D eigenvalue weighted by Gasteiger charge is 2.35. The van der Waals surface area contributed by atoms with Crippen molar-refractivity contribution in [3.05, 3.63) is 41.0 Å². The highest BCUT2D eigenvalue weighted by molar-refractivity contribution is 5.80. The number of benzene rings is 1. The summed E-state index contributed by atoms with van der Waals surface area (Å²) in [6.07, 6.45) is 4.14. The van der Waals surface area contributed by atoms with Crippen molar-refractivity contribution in [2.45, 2.75) is 39.7 Å². The van der Waals surface area contributed by atoms with Crippen LogP contribution in [0.5, 0.6) is 0 Å². The summed E-state index contributed by atoms with van der Waals surface area (Å²) in [5.41, 5.74) is 5.52. The molecule has 1 aromatic carbocycles. The summed E-state index contributed by atoms with van der Waals surface area (Å²) in [4.78, 5) is 9.16. The summed E-state index contributed by atoms with van der Waals surface area (Å²) in [5.74, 6) is 0.562. The van der Waals surface area contributed by atoms with Gasteiger partial charge in [-0.15, -0.1) is 0 Å². The van der Waals surface area contributed by atoms with Gasteiger partial charge in [-0.2, -0.15) is 0 Å². The summed E-state index contributed by atoms with van der Waals surface area (Å²) in [5, 5.41) is 0. The maximum atomic E-state index is 4.20. The second-order valence-electron chi connectivity index (χ2n) is 6.64. The number of aliphatic imine (C=N–C) groups is 1. The molecule has 0 spiro atoms. The van der Waals surface area contributed by atoms with Crippen LogP contribution in [-0.4, -0.2) is 50.9 Å². The molecule has 0 N–H and O–H groups in total. The van der Waals surface area contributed by atoms with E-state index in [1.165, 1.54) is 22.4 Å². The molecule has 0 saturated carbocycles. The topological polar surface area (TPSA) is 18.8 Å². The summed E-state index contributed by atoms with van der Waals surface area (Å²) in [6, 6.07) is 7.40. The van der Waals surface area contributed by atoms with E-state index in [1.807, 2.05) is 13.3 Å². The van der Waals surface area contributed by atoms with Crippen LogP contribution in [0.1, 0.15) is 37.8 Å². The van der Waals surface area contributed by atoms with Crippen LogP contribution in [0.3, 0.4) is 0 Å². The number of anilines is 1. The van der Waals surface area contributed by atoms with Crippen molar-refractivity contribution in [1.29, 1.82) is 0 Å². The van der Waals surface area contributed by atoms with Gasteiger partial charge in [0.15, 0.2) is 0 Å². The van der Waals surface area contributed by atoms with Crippen molar-refractivity contribution < 1.29 is 0 Å². The molecule has 2 unspecified atom stereocenters. The Labute approximate surface area is 141 Å². The highest BCUT2D eigenvalue weighted by atomic mass is 15.2. The Morgan fingerprint density at radius 2 is 2.13 bits per heavy atom. The lowest BCUT2D eigenvalue weighted by atomic mass is 9.94. The Morgan fingerprint density at radius 3 is 2.74 bits per heavy atom. The monoisotopic (exact) mass is 313 g/mol. The van der Waals surface area contributed by atoms with Gasteiger partial charge in [-0.05, 0) is 51.6 Å². The molecule has 2 atom stereocenters. The molecule has 3 heteroatoms. The first-order chi connectivity index (χ1) is 11.0. The minimum Gasteiger partial charge on any atom is -0.364 e. The quantitative estimate of drug-likeness (QED) is 0.742. The second-order valence-corrected chi connectivity index (χ2v) is 6.64. The van der Waals surface area contributed by atoms with Crippen LogP contribution in [-0.2, 0) is 0 Å². The molecule has 0 aliphatic carbocycles. The summed E-state index contributed by atoms with van der Waals surface area (Å²) < 4.78 is 0. The molecule has 1 aliphatic rings. The van der Waals surface area contributed by atoms with E-state index in [9.17, 15) is 0 Å². The van der Waals surface area contributed by atoms with E-state index in [2.05, 4.69) is 73.8 Å². The SMILES string of the molecule is C/C=C(\C=NC)CN1c2ccc(C)cc2C(CN(C)CC)C1C. The fraction of sp³-hybridized carbons (Fsp3) is 0.550. The Balaban J connectivity index is 2.35. The van der Waals surface area contributed by atoms with Crippen LogP contribution < -0.4 is 4.90 Å². The first kappa shape index (κ1) is 17.7. The largest absolute Gasteiger partial charge is 0.364 e. The molecule has 0 aromatic heterocycles. The Bertz CT molecular complexity index is 589. The van der Waals surface area contributed by atoms with Crippen molar-refractivity contribution in [3.63, 3.8) is 0 Å². The van der Waals surface area contributed by atoms with Gasteiger partial charge in [-0.3, -0.25) is 4.99 Å². The van der Waals surface area contributed by atoms with Crippen LogP contribution >= 0.6 is 0 Å². The van der Waals surface area contributed by atoms with E-state index in [0.29, 0.717) is 12.0 Å². The average molecular weight is 313 g/mol. The van der Waals surface area contributed by atoms with Crippen LogP contribution in [0.4, 0.5) is 5.69 Å². The molecule has 1 heterocycles. The van der Waals surface area contributed by atoms with Gasteiger partial charge in [0.1, 0.15) is 0 Å². The summed E-state index contributed by atoms with van der Waals surface area (Å²) in [6.45, 7) is 12.0. The average Bonchev–Trinajstić information content (AvgIpc) is 2.79. The van der Waals surface area contributed by atoms with Crippen molar-refractivity contribution in [3.8, 4) is 0 Å². The van der Waals surface area contributed by atoms with Crippen molar-refractivity contribution in [1.82, 2.24) is 4.90 Å². The summed E-state index contributed by atoms with van der Waals surface area (Å²) >= 11 is 0. The van der Waals surface area contributed by atoms with Gasteiger partial charge in [-0.1, -0.05) is 30.7 Å². The zero-order valence-corrected chi connectivity index (χ0v) is 15.5. The third-order valence-corrected chi connectivity index (χ3v) is 5.03. The van der Waals surface area contributed by atoms with Gasteiger partial charge in [0, 0.05) is 44.0 Å². The van der Waals surface area contributed by atoms with Gasteiger partial charge in [-0.25, -0.2) is 0 Å². The first-order valence-corrected chi connectivity index (χ1v) is 8.64. The van der Waals surface area contributed by atoms with Crippen molar-refractivity contribution >= 4 is 11.9 Å². The highest BCUT2D eigenvalue weighted by Crippen LogP contribution is 2.42. The van der Waals surface area contributed by atoms with E-state index < -0.39 is 0 Å². The van der Waals surface area contributed by atoms with E-state index in [1.54, 1.807) is 0 Å². The lowest BCUT2D eigenvalue weighted by Crippen LogP contribution is -2.37. The van der Waals surface area contributed by atoms with Gasteiger partial charge < -0.3 is 9.80 Å². The Kier molecular flexibility index (Phi) is 6.00. The molecule has 1 aliphatic heterocycles. The van der Waals surface area contributed by atoms with Gasteiger partial charge >= 0.3 is 0 Å². The summed E-state index contributed by atoms with van der Waals surface area (Å²) in [7, 11) is 4.05. The molecule has 0 radical (unpaired) electrons. The molecule has 1 aromatic rings. The number of hydrogen-bond donors (Lipinski definition) is 0. The van der Waals surface area contributed by atoms with E-state index >= 15 is 0 Å². The molecule has 126 valence electrons. The molecular weight excluding hydrogens is 282 g/mol. The molecule has 2 rings (SSSR count). The maximum absolute atomic E-state index is 4.20. The Morgan fingerprint density at radius 1 is 1.39 bits per heavy atom. The number of fused-ring (bicyclic) bond motifs is 1. The normalized spacial score (nSPS) is 21.5. The number of nitrogens with zero attached hydrogens (tertiary/aromatic N) is 3. The molecule has 0 saturated heterocycles. The third kappa shape index (κ3) is 3.84. The third-order valence-electron chi connectivity index (χ3n) is 5.03. The zero-order valence-electron chi connectivity index (χ0n) is 15.5. The van der Waals surface area contributed by atoms with Crippen LogP contribution in [0.25, 0.3) is 0 Å². The predicted octanol–water partition coefficient (Wildman–Crippen LogP) is 3.89. The van der Waals surface area contributed by atoms with E-state index in [-0.39, 0.29) is 0 Å². The molecule has 0 bridgehead atoms. The number of allylic oxidation sites excluding steroid dienone is 1. The van der Waals surface area contributed by atoms with E-state index in [4.69, 9.17) is 0 Å². The first-order valence-electron chi connectivity index (χ1n) is 8.64. The fourth-order valence-corrected chi connectivity index (χ4v) is 3.44. The number of rotatable bonds is 6. The standard InChI is InChI=1S/C20H31N3/c1-7-17(12-21-5)13-23-16(4)19(14-22(6)8-2)18-11-15(3)9-10-20(18)23/h7,9-12,16,19H,8,13-14H2,1-6H3/b17-7+,21-12?. The predicted molar refractivity (Wildman–Crippen MR) is 102 cm³/mol. The van der Waals surface area contributed by atoms with Crippen molar-refractivity contribution in [2.75, 3.05) is 38.6 Å². The molecular formula is C20H31N3. The second kappa shape index (κ2) is 7.78. The number of aryl methyl sites for hydroxylation is 1. The fourth-order valence-electron chi connectivity index (χ4n) is 3.44. The lowest BCUT2D eigenvalue weighted by molar-refractivity contribution is 0.315. The van der Waals surface area contributed by atoms with Crippen LogP contribution in [0.15, 0.2) is 34.8 Å². The molecule has 0 amide bonds. The number of hydrogen-bond acceptors (Lipinski definition) is 3. The van der Waals surface area contributed by atoms with Gasteiger partial charge in [0.2, 0.25) is 0 Å². The lowest BCUT2D eigenvalue weighted by Gasteiger charge is -2.29. The maximum Gasteiger partial charge on any atom is 0.0444 e.